The Kier molecular flexibility index (Phi) is 5.16. The normalized spacial score (nSPS) is 11.5. The Labute approximate surface area is 103 Å². The maximum absolute atomic E-state index is 5.66. The van der Waals surface area contributed by atoms with Gasteiger partial charge in [0.2, 0.25) is 0 Å². The number of rotatable bonds is 5. The number of para-hydroxylation sites is 1. The van der Waals surface area contributed by atoms with Crippen molar-refractivity contribution in [3.05, 3.63) is 24.3 Å². The molecule has 1 N–H and O–H groups in total. The van der Waals surface area contributed by atoms with E-state index in [1.165, 1.54) is 10.6 Å². The van der Waals surface area contributed by atoms with Crippen LogP contribution in [0.25, 0.3) is 0 Å². The zero-order valence-corrected chi connectivity index (χ0v) is 11.4. The molecule has 0 aromatic heterocycles. The largest absolute Gasteiger partial charge is 0.382 e. The first-order valence-electron chi connectivity index (χ1n) is 5.54. The van der Waals surface area contributed by atoms with Crippen LogP contribution in [0.5, 0.6) is 0 Å². The molecule has 0 aliphatic heterocycles. The molecule has 0 spiro atoms. The van der Waals surface area contributed by atoms with Gasteiger partial charge < -0.3 is 10.1 Å². The van der Waals surface area contributed by atoms with Gasteiger partial charge in [0.1, 0.15) is 0 Å². The minimum absolute atomic E-state index is 0.0549. The van der Waals surface area contributed by atoms with Gasteiger partial charge in [-0.1, -0.05) is 12.1 Å². The Morgan fingerprint density at radius 1 is 1.25 bits per heavy atom. The number of benzene rings is 1. The van der Waals surface area contributed by atoms with Crippen LogP contribution in [0, 0.1) is 0 Å². The second kappa shape index (κ2) is 6.16. The molecule has 0 aliphatic rings. The fraction of sp³-hybridized carbons (Fsp3) is 0.538. The van der Waals surface area contributed by atoms with Gasteiger partial charge in [-0.25, -0.2) is 0 Å². The van der Waals surface area contributed by atoms with Crippen LogP contribution in [0.3, 0.4) is 0 Å². The van der Waals surface area contributed by atoms with Crippen LogP contribution in [0.4, 0.5) is 5.69 Å². The van der Waals surface area contributed by atoms with Crippen molar-refractivity contribution in [2.75, 3.05) is 24.7 Å². The monoisotopic (exact) mass is 239 g/mol. The number of ether oxygens (including phenoxy) is 1. The van der Waals surface area contributed by atoms with Gasteiger partial charge in [-0.3, -0.25) is 0 Å². The molecule has 0 atom stereocenters. The number of thioether (sulfide) groups is 1. The molecule has 16 heavy (non-hydrogen) atoms. The predicted octanol–water partition coefficient (Wildman–Crippen LogP) is 3.64. The van der Waals surface area contributed by atoms with Gasteiger partial charge in [-0.05, 0) is 39.2 Å². The highest BCUT2D eigenvalue weighted by Gasteiger charge is 2.09. The van der Waals surface area contributed by atoms with Crippen LogP contribution in [0.1, 0.15) is 20.8 Å². The van der Waals surface area contributed by atoms with E-state index in [2.05, 4.69) is 50.5 Å². The van der Waals surface area contributed by atoms with E-state index in [-0.39, 0.29) is 5.60 Å². The second-order valence-electron chi connectivity index (χ2n) is 4.59. The summed E-state index contributed by atoms with van der Waals surface area (Å²) in [5.41, 5.74) is 1.13. The first kappa shape index (κ1) is 13.4. The molecule has 3 heteroatoms. The van der Waals surface area contributed by atoms with Gasteiger partial charge in [0.15, 0.2) is 0 Å². The molecule has 0 saturated carbocycles. The number of nitrogens with one attached hydrogen (secondary N) is 1. The lowest BCUT2D eigenvalue weighted by Crippen LogP contribution is -2.23. The average Bonchev–Trinajstić information content (AvgIpc) is 2.23. The van der Waals surface area contributed by atoms with E-state index in [0.29, 0.717) is 0 Å². The van der Waals surface area contributed by atoms with Crippen LogP contribution in [0.15, 0.2) is 29.2 Å². The summed E-state index contributed by atoms with van der Waals surface area (Å²) in [5, 5.41) is 3.39. The van der Waals surface area contributed by atoms with Gasteiger partial charge in [0.05, 0.1) is 12.2 Å². The Morgan fingerprint density at radius 3 is 2.56 bits per heavy atom. The molecule has 1 aromatic rings. The lowest BCUT2D eigenvalue weighted by atomic mass is 10.2. The molecule has 0 fully saturated rings. The summed E-state index contributed by atoms with van der Waals surface area (Å²) in [6.45, 7) is 7.79. The van der Waals surface area contributed by atoms with Crippen molar-refractivity contribution >= 4 is 17.4 Å². The molecular weight excluding hydrogens is 218 g/mol. The summed E-state index contributed by atoms with van der Waals surface area (Å²) in [4.78, 5) is 1.28. The molecule has 0 aliphatic carbocycles. The van der Waals surface area contributed by atoms with Crippen LogP contribution in [-0.4, -0.2) is 25.0 Å². The third kappa shape index (κ3) is 4.90. The van der Waals surface area contributed by atoms with E-state index in [4.69, 9.17) is 4.74 Å². The molecular formula is C13H21NOS. The Bertz CT molecular complexity index is 320. The van der Waals surface area contributed by atoms with Crippen molar-refractivity contribution in [2.45, 2.75) is 31.3 Å². The fourth-order valence-corrected chi connectivity index (χ4v) is 1.91. The number of hydrogen-bond donors (Lipinski definition) is 1. The topological polar surface area (TPSA) is 21.3 Å². The first-order chi connectivity index (χ1) is 7.53. The maximum Gasteiger partial charge on any atom is 0.0646 e. The van der Waals surface area contributed by atoms with E-state index >= 15 is 0 Å². The van der Waals surface area contributed by atoms with Crippen molar-refractivity contribution in [1.82, 2.24) is 0 Å². The predicted molar refractivity (Wildman–Crippen MR) is 72.4 cm³/mol. The zero-order chi connectivity index (χ0) is 12.0. The lowest BCUT2D eigenvalue weighted by molar-refractivity contribution is 0.00332. The molecule has 1 rings (SSSR count). The highest BCUT2D eigenvalue weighted by Crippen LogP contribution is 2.24. The Hall–Kier alpha value is -0.670. The summed E-state index contributed by atoms with van der Waals surface area (Å²) in [6, 6.07) is 8.33. The number of hydrogen-bond acceptors (Lipinski definition) is 3. The van der Waals surface area contributed by atoms with Crippen molar-refractivity contribution in [1.29, 1.82) is 0 Å². The van der Waals surface area contributed by atoms with Crippen LogP contribution in [-0.2, 0) is 4.74 Å². The molecule has 2 nitrogen and oxygen atoms in total. The van der Waals surface area contributed by atoms with Gasteiger partial charge >= 0.3 is 0 Å². The fourth-order valence-electron chi connectivity index (χ4n) is 1.33. The van der Waals surface area contributed by atoms with Gasteiger partial charge in [-0.15, -0.1) is 11.8 Å². The zero-order valence-electron chi connectivity index (χ0n) is 10.5. The van der Waals surface area contributed by atoms with Crippen molar-refractivity contribution in [3.8, 4) is 0 Å². The van der Waals surface area contributed by atoms with Crippen LogP contribution >= 0.6 is 11.8 Å². The molecule has 0 unspecified atom stereocenters. The molecule has 0 amide bonds. The molecule has 1 aromatic carbocycles. The molecule has 0 heterocycles. The SMILES string of the molecule is CSc1ccccc1NCCOC(C)(C)C. The average molecular weight is 239 g/mol. The van der Waals surface area contributed by atoms with Crippen LogP contribution in [0.2, 0.25) is 0 Å². The third-order valence-electron chi connectivity index (χ3n) is 2.06. The van der Waals surface area contributed by atoms with Gasteiger partial charge in [-0.2, -0.15) is 0 Å². The van der Waals surface area contributed by atoms with Crippen LogP contribution < -0.4 is 5.32 Å². The van der Waals surface area contributed by atoms with Crippen molar-refractivity contribution < 1.29 is 4.74 Å². The summed E-state index contributed by atoms with van der Waals surface area (Å²) in [7, 11) is 0. The molecule has 0 bridgehead atoms. The standard InChI is InChI=1S/C13H21NOS/c1-13(2,3)15-10-9-14-11-7-5-6-8-12(11)16-4/h5-8,14H,9-10H2,1-4H3. The molecule has 0 saturated heterocycles. The minimum Gasteiger partial charge on any atom is -0.382 e. The highest BCUT2D eigenvalue weighted by atomic mass is 32.2. The van der Waals surface area contributed by atoms with Gasteiger partial charge in [0.25, 0.3) is 0 Å². The summed E-state index contributed by atoms with van der Waals surface area (Å²) >= 11 is 1.76. The van der Waals surface area contributed by atoms with E-state index in [9.17, 15) is 0 Å². The summed E-state index contributed by atoms with van der Waals surface area (Å²) < 4.78 is 5.66. The van der Waals surface area contributed by atoms with E-state index in [1.807, 2.05) is 6.07 Å². The van der Waals surface area contributed by atoms with E-state index in [0.717, 1.165) is 13.2 Å². The smallest absolute Gasteiger partial charge is 0.0646 e. The highest BCUT2D eigenvalue weighted by molar-refractivity contribution is 7.98. The lowest BCUT2D eigenvalue weighted by Gasteiger charge is -2.20. The Balaban J connectivity index is 2.37. The second-order valence-corrected chi connectivity index (χ2v) is 5.44. The molecule has 0 radical (unpaired) electrons. The van der Waals surface area contributed by atoms with E-state index in [1.54, 1.807) is 11.8 Å². The Morgan fingerprint density at radius 2 is 1.94 bits per heavy atom. The maximum atomic E-state index is 5.66. The summed E-state index contributed by atoms with van der Waals surface area (Å²) in [6.07, 6.45) is 2.09. The first-order valence-corrected chi connectivity index (χ1v) is 6.76. The minimum atomic E-state index is -0.0549. The third-order valence-corrected chi connectivity index (χ3v) is 2.86. The van der Waals surface area contributed by atoms with E-state index < -0.39 is 0 Å². The number of anilines is 1. The van der Waals surface area contributed by atoms with Crippen molar-refractivity contribution in [2.24, 2.45) is 0 Å². The molecule has 90 valence electrons. The quantitative estimate of drug-likeness (QED) is 0.626. The van der Waals surface area contributed by atoms with Gasteiger partial charge in [0, 0.05) is 17.1 Å². The van der Waals surface area contributed by atoms with Crippen molar-refractivity contribution in [3.63, 3.8) is 0 Å². The summed E-state index contributed by atoms with van der Waals surface area (Å²) in [5.74, 6) is 0.